The maximum atomic E-state index is 10.5. The predicted octanol–water partition coefficient (Wildman–Crippen LogP) is 0.0986. The molecule has 0 radical (unpaired) electrons. The van der Waals surface area contributed by atoms with Crippen molar-refractivity contribution in [3.63, 3.8) is 0 Å². The van der Waals surface area contributed by atoms with E-state index in [-0.39, 0.29) is 0 Å². The quantitative estimate of drug-likeness (QED) is 0.535. The van der Waals surface area contributed by atoms with E-state index in [4.69, 9.17) is 5.11 Å². The smallest absolute Gasteiger partial charge is 0.427 e. The first-order valence-corrected chi connectivity index (χ1v) is 3.28. The van der Waals surface area contributed by atoms with E-state index in [1.165, 1.54) is 11.3 Å². The molecule has 2 heterocycles. The molecule has 0 aromatic rings. The third kappa shape index (κ3) is 0.940. The van der Waals surface area contributed by atoms with Gasteiger partial charge in [-0.25, -0.2) is 4.79 Å². The largest absolute Gasteiger partial charge is 0.464 e. The zero-order chi connectivity index (χ0) is 8.55. The SMILES string of the molecule is O=C(O)N1C=C2C=CC=NN2N1. The van der Waals surface area contributed by atoms with Gasteiger partial charge in [-0.1, -0.05) is 0 Å². The maximum absolute atomic E-state index is 10.5. The molecule has 2 aliphatic rings. The number of amides is 1. The number of carboxylic acid groups (broad SMARTS) is 1. The van der Waals surface area contributed by atoms with Crippen molar-refractivity contribution in [3.8, 4) is 0 Å². The van der Waals surface area contributed by atoms with Gasteiger partial charge in [0.15, 0.2) is 0 Å². The molecule has 2 rings (SSSR count). The van der Waals surface area contributed by atoms with Crippen LogP contribution in [0.3, 0.4) is 0 Å². The van der Waals surface area contributed by atoms with E-state index in [2.05, 4.69) is 10.6 Å². The summed E-state index contributed by atoms with van der Waals surface area (Å²) in [6, 6.07) is 0. The van der Waals surface area contributed by atoms with Gasteiger partial charge in [0.05, 0.1) is 11.9 Å². The van der Waals surface area contributed by atoms with Crippen molar-refractivity contribution >= 4 is 12.3 Å². The minimum absolute atomic E-state index is 0.694. The van der Waals surface area contributed by atoms with Crippen LogP contribution in [-0.4, -0.2) is 27.5 Å². The van der Waals surface area contributed by atoms with Crippen LogP contribution in [0.2, 0.25) is 0 Å². The lowest BCUT2D eigenvalue weighted by Gasteiger charge is -2.16. The lowest BCUT2D eigenvalue weighted by Crippen LogP contribution is -2.40. The van der Waals surface area contributed by atoms with Gasteiger partial charge in [0.25, 0.3) is 0 Å². The van der Waals surface area contributed by atoms with E-state index in [1.807, 2.05) is 0 Å². The van der Waals surface area contributed by atoms with Crippen molar-refractivity contribution in [3.05, 3.63) is 24.0 Å². The van der Waals surface area contributed by atoms with E-state index in [9.17, 15) is 4.79 Å². The van der Waals surface area contributed by atoms with Gasteiger partial charge in [-0.15, -0.1) is 5.53 Å². The molecular formula is C6H6N4O2. The maximum Gasteiger partial charge on any atom is 0.427 e. The van der Waals surface area contributed by atoms with Gasteiger partial charge in [-0.3, -0.25) is 0 Å². The van der Waals surface area contributed by atoms with Crippen molar-refractivity contribution in [1.29, 1.82) is 0 Å². The van der Waals surface area contributed by atoms with Crippen LogP contribution >= 0.6 is 0 Å². The Kier molecular flexibility index (Phi) is 1.34. The van der Waals surface area contributed by atoms with Crippen molar-refractivity contribution in [2.45, 2.75) is 0 Å². The number of hydrazone groups is 1. The summed E-state index contributed by atoms with van der Waals surface area (Å²) in [5.74, 6) is 0. The fourth-order valence-electron chi connectivity index (χ4n) is 0.927. The summed E-state index contributed by atoms with van der Waals surface area (Å²) in [5, 5.41) is 14.7. The van der Waals surface area contributed by atoms with Crippen molar-refractivity contribution in [1.82, 2.24) is 15.7 Å². The molecule has 0 unspecified atom stereocenters. The van der Waals surface area contributed by atoms with Gasteiger partial charge in [0.2, 0.25) is 0 Å². The van der Waals surface area contributed by atoms with Crippen LogP contribution in [0.1, 0.15) is 0 Å². The van der Waals surface area contributed by atoms with E-state index in [0.717, 1.165) is 5.01 Å². The van der Waals surface area contributed by atoms with Crippen LogP contribution in [0, 0.1) is 0 Å². The van der Waals surface area contributed by atoms with Crippen molar-refractivity contribution < 1.29 is 9.90 Å². The van der Waals surface area contributed by atoms with Gasteiger partial charge in [-0.05, 0) is 12.2 Å². The predicted molar refractivity (Wildman–Crippen MR) is 40.6 cm³/mol. The summed E-state index contributed by atoms with van der Waals surface area (Å²) in [6.45, 7) is 0. The molecule has 0 aromatic heterocycles. The lowest BCUT2D eigenvalue weighted by atomic mass is 10.4. The Morgan fingerprint density at radius 2 is 2.50 bits per heavy atom. The van der Waals surface area contributed by atoms with Gasteiger partial charge >= 0.3 is 6.09 Å². The minimum atomic E-state index is -1.07. The van der Waals surface area contributed by atoms with Crippen LogP contribution < -0.4 is 5.53 Å². The average molecular weight is 166 g/mol. The van der Waals surface area contributed by atoms with E-state index < -0.39 is 6.09 Å². The molecule has 6 nitrogen and oxygen atoms in total. The number of allylic oxidation sites excluding steroid dienone is 2. The van der Waals surface area contributed by atoms with Crippen molar-refractivity contribution in [2.75, 3.05) is 0 Å². The standard InChI is InChI=1S/C6H6N4O2/c11-6(12)9-4-5-2-1-3-7-10(5)8-9/h1-4,8H,(H,11,12). The highest BCUT2D eigenvalue weighted by molar-refractivity contribution is 5.73. The average Bonchev–Trinajstić information content (AvgIpc) is 2.46. The topological polar surface area (TPSA) is 68.2 Å². The normalized spacial score (nSPS) is 19.5. The minimum Gasteiger partial charge on any atom is -0.464 e. The summed E-state index contributed by atoms with van der Waals surface area (Å²) in [4.78, 5) is 10.5. The van der Waals surface area contributed by atoms with Crippen molar-refractivity contribution in [2.24, 2.45) is 5.10 Å². The Morgan fingerprint density at radius 1 is 1.67 bits per heavy atom. The molecule has 0 aromatic carbocycles. The highest BCUT2D eigenvalue weighted by Crippen LogP contribution is 2.14. The Morgan fingerprint density at radius 3 is 3.17 bits per heavy atom. The molecule has 0 spiro atoms. The number of rotatable bonds is 0. The summed E-state index contributed by atoms with van der Waals surface area (Å²) >= 11 is 0. The van der Waals surface area contributed by atoms with Crippen LogP contribution in [-0.2, 0) is 0 Å². The second-order valence-corrected chi connectivity index (χ2v) is 2.24. The Balaban J connectivity index is 2.23. The Bertz CT molecular complexity index is 307. The Labute approximate surface area is 68.0 Å². The zero-order valence-corrected chi connectivity index (χ0v) is 6.01. The molecule has 0 saturated carbocycles. The molecule has 0 bridgehead atoms. The summed E-state index contributed by atoms with van der Waals surface area (Å²) < 4.78 is 0. The summed E-state index contributed by atoms with van der Waals surface area (Å²) in [7, 11) is 0. The first-order chi connectivity index (χ1) is 5.77. The van der Waals surface area contributed by atoms with Crippen LogP contribution in [0.5, 0.6) is 0 Å². The van der Waals surface area contributed by atoms with Crippen LogP contribution in [0.25, 0.3) is 0 Å². The third-order valence-corrected chi connectivity index (χ3v) is 1.45. The highest BCUT2D eigenvalue weighted by Gasteiger charge is 2.23. The fourth-order valence-corrected chi connectivity index (χ4v) is 0.927. The molecule has 2 N–H and O–H groups in total. The van der Waals surface area contributed by atoms with Gasteiger partial charge in [0.1, 0.15) is 0 Å². The van der Waals surface area contributed by atoms with Gasteiger partial charge < -0.3 is 5.11 Å². The van der Waals surface area contributed by atoms with E-state index in [0.29, 0.717) is 5.70 Å². The molecular weight excluding hydrogens is 160 g/mol. The molecule has 1 amide bonds. The number of nitrogens with zero attached hydrogens (tertiary/aromatic N) is 3. The zero-order valence-electron chi connectivity index (χ0n) is 6.01. The summed E-state index contributed by atoms with van der Waals surface area (Å²) in [6.07, 6.45) is 5.42. The molecule has 2 aliphatic heterocycles. The first kappa shape index (κ1) is 6.86. The second-order valence-electron chi connectivity index (χ2n) is 2.24. The number of carbonyl (C=O) groups is 1. The molecule has 62 valence electrons. The summed E-state index contributed by atoms with van der Waals surface area (Å²) in [5.41, 5.74) is 3.21. The van der Waals surface area contributed by atoms with E-state index in [1.54, 1.807) is 18.4 Å². The molecule has 0 fully saturated rings. The lowest BCUT2D eigenvalue weighted by molar-refractivity contribution is 0.106. The number of nitrogens with one attached hydrogen (secondary N) is 1. The molecule has 0 aliphatic carbocycles. The van der Waals surface area contributed by atoms with E-state index >= 15 is 0 Å². The number of hydrazine groups is 2. The molecule has 0 saturated heterocycles. The number of fused-ring (bicyclic) bond motifs is 1. The monoisotopic (exact) mass is 166 g/mol. The molecule has 0 atom stereocenters. The Hall–Kier alpha value is -1.82. The first-order valence-electron chi connectivity index (χ1n) is 3.28. The number of hydrogen-bond acceptors (Lipinski definition) is 4. The molecule has 12 heavy (non-hydrogen) atoms. The number of hydrogen-bond donors (Lipinski definition) is 2. The third-order valence-electron chi connectivity index (χ3n) is 1.45. The van der Waals surface area contributed by atoms with Gasteiger partial charge in [0, 0.05) is 6.21 Å². The highest BCUT2D eigenvalue weighted by atomic mass is 16.4. The fraction of sp³-hybridized carbons (Fsp3) is 0. The van der Waals surface area contributed by atoms with Crippen LogP contribution in [0.15, 0.2) is 29.2 Å². The van der Waals surface area contributed by atoms with Gasteiger partial charge in [-0.2, -0.15) is 15.2 Å². The second kappa shape index (κ2) is 2.35. The van der Waals surface area contributed by atoms with Crippen LogP contribution in [0.4, 0.5) is 4.79 Å². The molecule has 6 heteroatoms.